The lowest BCUT2D eigenvalue weighted by atomic mass is 9.99. The van der Waals surface area contributed by atoms with Crippen LogP contribution in [0.2, 0.25) is 0 Å². The van der Waals surface area contributed by atoms with Crippen LogP contribution in [0.1, 0.15) is 22.4 Å². The lowest BCUT2D eigenvalue weighted by molar-refractivity contribution is -0.129. The topological polar surface area (TPSA) is 46.1 Å². The summed E-state index contributed by atoms with van der Waals surface area (Å²) in [5, 5.41) is 1.11. The van der Waals surface area contributed by atoms with Crippen molar-refractivity contribution in [3.63, 3.8) is 0 Å². The first-order valence-corrected chi connectivity index (χ1v) is 8.04. The van der Waals surface area contributed by atoms with Gasteiger partial charge in [0.05, 0.1) is 11.9 Å². The van der Waals surface area contributed by atoms with Gasteiger partial charge in [-0.3, -0.25) is 14.8 Å². The SMILES string of the molecule is Cc1nc2ccccc2c(C)c1CC(=O)N(C)Cc1cccnc1. The molecule has 122 valence electrons. The Morgan fingerprint density at radius 3 is 2.67 bits per heavy atom. The Hall–Kier alpha value is -2.75. The highest BCUT2D eigenvalue weighted by Crippen LogP contribution is 2.23. The van der Waals surface area contributed by atoms with Gasteiger partial charge in [0.25, 0.3) is 0 Å². The summed E-state index contributed by atoms with van der Waals surface area (Å²) < 4.78 is 0. The predicted octanol–water partition coefficient (Wildman–Crippen LogP) is 3.45. The van der Waals surface area contributed by atoms with Crippen molar-refractivity contribution in [3.05, 3.63) is 71.2 Å². The molecule has 0 aliphatic heterocycles. The van der Waals surface area contributed by atoms with Crippen molar-refractivity contribution in [2.75, 3.05) is 7.05 Å². The third kappa shape index (κ3) is 3.27. The number of carbonyl (C=O) groups excluding carboxylic acids is 1. The van der Waals surface area contributed by atoms with Crippen molar-refractivity contribution in [1.29, 1.82) is 0 Å². The molecule has 0 atom stereocenters. The molecule has 0 fully saturated rings. The maximum absolute atomic E-state index is 12.6. The first-order valence-electron chi connectivity index (χ1n) is 8.04. The number of amides is 1. The number of nitrogens with zero attached hydrogens (tertiary/aromatic N) is 3. The number of hydrogen-bond donors (Lipinski definition) is 0. The molecule has 2 aromatic heterocycles. The van der Waals surface area contributed by atoms with E-state index < -0.39 is 0 Å². The third-order valence-electron chi connectivity index (χ3n) is 4.38. The third-order valence-corrected chi connectivity index (χ3v) is 4.38. The Morgan fingerprint density at radius 2 is 1.92 bits per heavy atom. The van der Waals surface area contributed by atoms with Gasteiger partial charge < -0.3 is 4.90 Å². The fraction of sp³-hybridized carbons (Fsp3) is 0.250. The lowest BCUT2D eigenvalue weighted by Crippen LogP contribution is -2.28. The molecule has 0 aliphatic rings. The summed E-state index contributed by atoms with van der Waals surface area (Å²) in [6, 6.07) is 11.9. The summed E-state index contributed by atoms with van der Waals surface area (Å²) in [6.07, 6.45) is 3.89. The second-order valence-electron chi connectivity index (χ2n) is 6.11. The van der Waals surface area contributed by atoms with Crippen LogP contribution < -0.4 is 0 Å². The Kier molecular flexibility index (Phi) is 4.56. The number of likely N-dealkylation sites (N-methyl/N-ethyl adjacent to an activating group) is 1. The van der Waals surface area contributed by atoms with E-state index in [1.165, 1.54) is 0 Å². The Labute approximate surface area is 142 Å². The quantitative estimate of drug-likeness (QED) is 0.740. The van der Waals surface area contributed by atoms with Gasteiger partial charge in [0, 0.05) is 37.1 Å². The number of hydrogen-bond acceptors (Lipinski definition) is 3. The Balaban J connectivity index is 1.82. The highest BCUT2D eigenvalue weighted by Gasteiger charge is 2.16. The van der Waals surface area contributed by atoms with E-state index >= 15 is 0 Å². The molecule has 4 heteroatoms. The first-order chi connectivity index (χ1) is 11.6. The normalized spacial score (nSPS) is 10.8. The minimum Gasteiger partial charge on any atom is -0.341 e. The molecule has 0 spiro atoms. The van der Waals surface area contributed by atoms with Crippen LogP contribution in [0.15, 0.2) is 48.8 Å². The molecule has 1 amide bonds. The summed E-state index contributed by atoms with van der Waals surface area (Å²) in [5.74, 6) is 0.0853. The molecule has 0 saturated heterocycles. The first kappa shape index (κ1) is 16.1. The second-order valence-corrected chi connectivity index (χ2v) is 6.11. The zero-order valence-corrected chi connectivity index (χ0v) is 14.3. The molecule has 0 aliphatic carbocycles. The fourth-order valence-corrected chi connectivity index (χ4v) is 2.97. The summed E-state index contributed by atoms with van der Waals surface area (Å²) in [5.41, 5.74) is 5.10. The molecule has 24 heavy (non-hydrogen) atoms. The molecule has 0 bridgehead atoms. The van der Waals surface area contributed by atoms with Crippen LogP contribution in [0.25, 0.3) is 10.9 Å². The van der Waals surface area contributed by atoms with Crippen molar-refractivity contribution in [2.45, 2.75) is 26.8 Å². The highest BCUT2D eigenvalue weighted by molar-refractivity contribution is 5.86. The van der Waals surface area contributed by atoms with Crippen molar-refractivity contribution < 1.29 is 4.79 Å². The molecule has 0 N–H and O–H groups in total. The van der Waals surface area contributed by atoms with Gasteiger partial charge >= 0.3 is 0 Å². The number of pyridine rings is 2. The van der Waals surface area contributed by atoms with Crippen molar-refractivity contribution >= 4 is 16.8 Å². The van der Waals surface area contributed by atoms with Crippen LogP contribution in [0, 0.1) is 13.8 Å². The van der Waals surface area contributed by atoms with Crippen molar-refractivity contribution in [1.82, 2.24) is 14.9 Å². The van der Waals surface area contributed by atoms with Crippen LogP contribution in [-0.4, -0.2) is 27.8 Å². The minimum absolute atomic E-state index is 0.0853. The fourth-order valence-electron chi connectivity index (χ4n) is 2.97. The number of para-hydroxylation sites is 1. The highest BCUT2D eigenvalue weighted by atomic mass is 16.2. The van der Waals surface area contributed by atoms with Gasteiger partial charge in [-0.15, -0.1) is 0 Å². The van der Waals surface area contributed by atoms with Crippen LogP contribution >= 0.6 is 0 Å². The average molecular weight is 319 g/mol. The van der Waals surface area contributed by atoms with E-state index in [-0.39, 0.29) is 5.91 Å². The standard InChI is InChI=1S/C20H21N3O/c1-14-17-8-4-5-9-19(17)22-15(2)18(14)11-20(24)23(3)13-16-7-6-10-21-12-16/h4-10,12H,11,13H2,1-3H3. The second kappa shape index (κ2) is 6.79. The summed E-state index contributed by atoms with van der Waals surface area (Å²) in [6.45, 7) is 4.61. The van der Waals surface area contributed by atoms with E-state index in [0.29, 0.717) is 13.0 Å². The Bertz CT molecular complexity index is 875. The lowest BCUT2D eigenvalue weighted by Gasteiger charge is -2.19. The number of carbonyl (C=O) groups is 1. The van der Waals surface area contributed by atoms with E-state index in [2.05, 4.69) is 23.0 Å². The van der Waals surface area contributed by atoms with Gasteiger partial charge in [-0.1, -0.05) is 24.3 Å². The number of aryl methyl sites for hydroxylation is 2. The minimum atomic E-state index is 0.0853. The van der Waals surface area contributed by atoms with Crippen molar-refractivity contribution in [3.8, 4) is 0 Å². The molecule has 0 saturated carbocycles. The average Bonchev–Trinajstić information content (AvgIpc) is 2.59. The van der Waals surface area contributed by atoms with Gasteiger partial charge in [-0.05, 0) is 42.7 Å². The Morgan fingerprint density at radius 1 is 1.12 bits per heavy atom. The smallest absolute Gasteiger partial charge is 0.227 e. The molecular weight excluding hydrogens is 298 g/mol. The molecule has 3 rings (SSSR count). The van der Waals surface area contributed by atoms with Crippen LogP contribution in [-0.2, 0) is 17.8 Å². The van der Waals surface area contributed by atoms with Gasteiger partial charge in [0.15, 0.2) is 0 Å². The zero-order chi connectivity index (χ0) is 17.1. The molecule has 1 aromatic carbocycles. The maximum atomic E-state index is 12.6. The van der Waals surface area contributed by atoms with Gasteiger partial charge in [-0.25, -0.2) is 0 Å². The van der Waals surface area contributed by atoms with Crippen LogP contribution in [0.3, 0.4) is 0 Å². The number of aromatic nitrogens is 2. The molecule has 2 heterocycles. The molecule has 3 aromatic rings. The monoisotopic (exact) mass is 319 g/mol. The summed E-state index contributed by atoms with van der Waals surface area (Å²) in [7, 11) is 1.83. The van der Waals surface area contributed by atoms with Gasteiger partial charge in [0.1, 0.15) is 0 Å². The van der Waals surface area contributed by atoms with E-state index in [1.54, 1.807) is 17.3 Å². The maximum Gasteiger partial charge on any atom is 0.227 e. The molecule has 0 unspecified atom stereocenters. The van der Waals surface area contributed by atoms with Crippen LogP contribution in [0.4, 0.5) is 0 Å². The van der Waals surface area contributed by atoms with Gasteiger partial charge in [-0.2, -0.15) is 0 Å². The number of benzene rings is 1. The zero-order valence-electron chi connectivity index (χ0n) is 14.3. The van der Waals surface area contributed by atoms with E-state index in [0.717, 1.165) is 33.3 Å². The van der Waals surface area contributed by atoms with E-state index in [9.17, 15) is 4.79 Å². The van der Waals surface area contributed by atoms with Gasteiger partial charge in [0.2, 0.25) is 5.91 Å². The molecule has 4 nitrogen and oxygen atoms in total. The number of rotatable bonds is 4. The van der Waals surface area contributed by atoms with E-state index in [4.69, 9.17) is 0 Å². The largest absolute Gasteiger partial charge is 0.341 e. The number of fused-ring (bicyclic) bond motifs is 1. The summed E-state index contributed by atoms with van der Waals surface area (Å²) >= 11 is 0. The summed E-state index contributed by atoms with van der Waals surface area (Å²) in [4.78, 5) is 23.1. The van der Waals surface area contributed by atoms with Crippen LogP contribution in [0.5, 0.6) is 0 Å². The molecule has 0 radical (unpaired) electrons. The molecular formula is C20H21N3O. The van der Waals surface area contributed by atoms with Crippen molar-refractivity contribution in [2.24, 2.45) is 0 Å². The predicted molar refractivity (Wildman–Crippen MR) is 95.6 cm³/mol. The van der Waals surface area contributed by atoms with E-state index in [1.807, 2.05) is 44.3 Å².